The van der Waals surface area contributed by atoms with Crippen LogP contribution in [0.1, 0.15) is 16.1 Å². The van der Waals surface area contributed by atoms with Gasteiger partial charge in [-0.05, 0) is 16.3 Å². The van der Waals surface area contributed by atoms with Crippen LogP contribution >= 0.6 is 11.3 Å². The molecule has 0 atom stereocenters. The zero-order chi connectivity index (χ0) is 19.3. The van der Waals surface area contributed by atoms with E-state index in [9.17, 15) is 9.59 Å². The van der Waals surface area contributed by atoms with Crippen LogP contribution in [0.25, 0.3) is 10.8 Å². The van der Waals surface area contributed by atoms with E-state index in [1.807, 2.05) is 42.5 Å². The molecule has 3 aromatic rings. The number of ether oxygens (including phenoxy) is 1. The van der Waals surface area contributed by atoms with Crippen molar-refractivity contribution in [2.24, 2.45) is 0 Å². The lowest BCUT2D eigenvalue weighted by Gasteiger charge is -2.25. The van der Waals surface area contributed by atoms with E-state index in [-0.39, 0.29) is 18.0 Å². The quantitative estimate of drug-likeness (QED) is 0.660. The summed E-state index contributed by atoms with van der Waals surface area (Å²) in [5, 5.41) is 4.59. The van der Waals surface area contributed by atoms with Crippen LogP contribution in [0, 0.1) is 0 Å². The largest absolute Gasteiger partial charge is 0.378 e. The highest BCUT2D eigenvalue weighted by atomic mass is 32.1. The lowest BCUT2D eigenvalue weighted by Crippen LogP contribution is -2.42. The maximum absolute atomic E-state index is 12.3. The first-order chi connectivity index (χ1) is 13.7. The Morgan fingerprint density at radius 2 is 1.86 bits per heavy atom. The third kappa shape index (κ3) is 4.13. The summed E-state index contributed by atoms with van der Waals surface area (Å²) in [4.78, 5) is 31.0. The second kappa shape index (κ2) is 8.37. The number of hydrogen-bond donors (Lipinski definition) is 2. The first kappa shape index (κ1) is 18.4. The maximum atomic E-state index is 12.3. The number of thiazole rings is 1. The fraction of sp³-hybridized carbons (Fsp3) is 0.250. The van der Waals surface area contributed by atoms with Crippen molar-refractivity contribution in [3.05, 3.63) is 59.1 Å². The Kier molecular flexibility index (Phi) is 5.50. The monoisotopic (exact) mass is 396 g/mol. The van der Waals surface area contributed by atoms with Crippen molar-refractivity contribution < 1.29 is 14.3 Å². The molecule has 7 nitrogen and oxygen atoms in total. The fourth-order valence-corrected chi connectivity index (χ4v) is 3.98. The Morgan fingerprint density at radius 1 is 1.07 bits per heavy atom. The maximum Gasteiger partial charge on any atom is 0.289 e. The molecule has 2 heterocycles. The molecular weight excluding hydrogens is 376 g/mol. The molecule has 1 aliphatic heterocycles. The Balaban J connectivity index is 1.34. The molecule has 1 aromatic heterocycles. The molecule has 4 rings (SSSR count). The molecule has 0 unspecified atom stereocenters. The van der Waals surface area contributed by atoms with E-state index in [1.54, 1.807) is 5.38 Å². The van der Waals surface area contributed by atoms with Gasteiger partial charge in [0.1, 0.15) is 5.69 Å². The number of morpholine rings is 1. The summed E-state index contributed by atoms with van der Waals surface area (Å²) in [7, 11) is 0. The molecule has 1 fully saturated rings. The van der Waals surface area contributed by atoms with Gasteiger partial charge < -0.3 is 9.64 Å². The van der Waals surface area contributed by atoms with Crippen molar-refractivity contribution in [2.75, 3.05) is 31.2 Å². The van der Waals surface area contributed by atoms with Gasteiger partial charge in [-0.1, -0.05) is 42.5 Å². The van der Waals surface area contributed by atoms with Gasteiger partial charge in [0, 0.05) is 18.5 Å². The van der Waals surface area contributed by atoms with Gasteiger partial charge in [0.05, 0.1) is 19.6 Å². The van der Waals surface area contributed by atoms with Crippen LogP contribution < -0.4 is 15.8 Å². The molecule has 2 aromatic carbocycles. The molecule has 1 saturated heterocycles. The van der Waals surface area contributed by atoms with Gasteiger partial charge in [-0.3, -0.25) is 20.4 Å². The van der Waals surface area contributed by atoms with E-state index in [1.165, 1.54) is 11.3 Å². The van der Waals surface area contributed by atoms with Crippen LogP contribution in [-0.4, -0.2) is 43.1 Å². The highest BCUT2D eigenvalue weighted by Crippen LogP contribution is 2.21. The van der Waals surface area contributed by atoms with Gasteiger partial charge in [-0.2, -0.15) is 0 Å². The number of carbonyl (C=O) groups excluding carboxylic acids is 2. The normalized spacial score (nSPS) is 14.1. The topological polar surface area (TPSA) is 83.6 Å². The SMILES string of the molecule is O=C(Cc1cccc2ccccc12)NNC(=O)c1csc(N2CCOCC2)n1. The Hall–Kier alpha value is -2.97. The van der Waals surface area contributed by atoms with Gasteiger partial charge in [-0.25, -0.2) is 4.98 Å². The number of hydrogen-bond acceptors (Lipinski definition) is 6. The lowest BCUT2D eigenvalue weighted by atomic mass is 10.0. The standard InChI is InChI=1S/C20H20N4O3S/c25-18(12-15-6-3-5-14-4-1-2-7-16(14)15)22-23-19(26)17-13-28-20(21-17)24-8-10-27-11-9-24/h1-7,13H,8-12H2,(H,22,25)(H,23,26). The van der Waals surface area contributed by atoms with Gasteiger partial charge in [0.15, 0.2) is 5.13 Å². The van der Waals surface area contributed by atoms with E-state index in [0.717, 1.165) is 34.6 Å². The smallest absolute Gasteiger partial charge is 0.289 e. The Morgan fingerprint density at radius 3 is 2.71 bits per heavy atom. The number of hydrazine groups is 1. The van der Waals surface area contributed by atoms with Crippen LogP contribution in [0.15, 0.2) is 47.8 Å². The molecule has 0 bridgehead atoms. The number of aromatic nitrogens is 1. The molecule has 0 aliphatic carbocycles. The summed E-state index contributed by atoms with van der Waals surface area (Å²) in [5.74, 6) is -0.713. The molecule has 8 heteroatoms. The molecule has 0 spiro atoms. The van der Waals surface area contributed by atoms with E-state index in [4.69, 9.17) is 4.74 Å². The van der Waals surface area contributed by atoms with Crippen molar-refractivity contribution >= 4 is 39.1 Å². The molecule has 2 amide bonds. The minimum Gasteiger partial charge on any atom is -0.378 e. The van der Waals surface area contributed by atoms with Crippen molar-refractivity contribution in [3.8, 4) is 0 Å². The fourth-order valence-electron chi connectivity index (χ4n) is 3.12. The number of fused-ring (bicyclic) bond motifs is 1. The van der Waals surface area contributed by atoms with Crippen LogP contribution in [0.5, 0.6) is 0 Å². The minimum atomic E-state index is -0.429. The van der Waals surface area contributed by atoms with Crippen molar-refractivity contribution in [3.63, 3.8) is 0 Å². The molecule has 2 N–H and O–H groups in total. The number of amides is 2. The average Bonchev–Trinajstić information content (AvgIpc) is 3.23. The third-order valence-corrected chi connectivity index (χ3v) is 5.45. The Bertz CT molecular complexity index is 993. The summed E-state index contributed by atoms with van der Waals surface area (Å²) in [5.41, 5.74) is 6.12. The number of nitrogens with zero attached hydrogens (tertiary/aromatic N) is 2. The number of nitrogens with one attached hydrogen (secondary N) is 2. The average molecular weight is 396 g/mol. The number of rotatable bonds is 4. The zero-order valence-electron chi connectivity index (χ0n) is 15.2. The Labute approximate surface area is 166 Å². The summed E-state index contributed by atoms with van der Waals surface area (Å²) in [6, 6.07) is 13.7. The second-order valence-corrected chi connectivity index (χ2v) is 7.27. The summed E-state index contributed by atoms with van der Waals surface area (Å²) in [6.07, 6.45) is 0.178. The van der Waals surface area contributed by atoms with Crippen molar-refractivity contribution in [1.82, 2.24) is 15.8 Å². The zero-order valence-corrected chi connectivity index (χ0v) is 16.0. The molecule has 1 aliphatic rings. The van der Waals surface area contributed by atoms with Gasteiger partial charge in [0.25, 0.3) is 5.91 Å². The lowest BCUT2D eigenvalue weighted by molar-refractivity contribution is -0.121. The minimum absolute atomic E-state index is 0.178. The van der Waals surface area contributed by atoms with Gasteiger partial charge >= 0.3 is 0 Å². The second-order valence-electron chi connectivity index (χ2n) is 6.43. The summed E-state index contributed by atoms with van der Waals surface area (Å²) in [6.45, 7) is 2.84. The van der Waals surface area contributed by atoms with Gasteiger partial charge in [0.2, 0.25) is 5.91 Å². The molecule has 28 heavy (non-hydrogen) atoms. The first-order valence-electron chi connectivity index (χ1n) is 9.05. The molecule has 0 saturated carbocycles. The van der Waals surface area contributed by atoms with E-state index in [2.05, 4.69) is 20.7 Å². The van der Waals surface area contributed by atoms with Crippen molar-refractivity contribution in [1.29, 1.82) is 0 Å². The van der Waals surface area contributed by atoms with Crippen LogP contribution in [-0.2, 0) is 16.0 Å². The first-order valence-corrected chi connectivity index (χ1v) is 9.93. The molecule has 144 valence electrons. The van der Waals surface area contributed by atoms with Crippen LogP contribution in [0.2, 0.25) is 0 Å². The van der Waals surface area contributed by atoms with E-state index in [0.29, 0.717) is 13.2 Å². The highest BCUT2D eigenvalue weighted by Gasteiger charge is 2.18. The number of benzene rings is 2. The molecular formula is C20H20N4O3S. The van der Waals surface area contributed by atoms with Crippen molar-refractivity contribution in [2.45, 2.75) is 6.42 Å². The van der Waals surface area contributed by atoms with Crippen LogP contribution in [0.3, 0.4) is 0 Å². The molecule has 0 radical (unpaired) electrons. The number of carbonyl (C=O) groups is 2. The third-order valence-electron chi connectivity index (χ3n) is 4.55. The van der Waals surface area contributed by atoms with Crippen LogP contribution in [0.4, 0.5) is 5.13 Å². The predicted octanol–water partition coefficient (Wildman–Crippen LogP) is 2.14. The van der Waals surface area contributed by atoms with Gasteiger partial charge in [-0.15, -0.1) is 11.3 Å². The van der Waals surface area contributed by atoms with E-state index < -0.39 is 5.91 Å². The highest BCUT2D eigenvalue weighted by molar-refractivity contribution is 7.13. The summed E-state index contributed by atoms with van der Waals surface area (Å²) < 4.78 is 5.32. The summed E-state index contributed by atoms with van der Waals surface area (Å²) >= 11 is 1.41. The predicted molar refractivity (Wildman–Crippen MR) is 108 cm³/mol. The van der Waals surface area contributed by atoms with E-state index >= 15 is 0 Å². The number of anilines is 1.